The summed E-state index contributed by atoms with van der Waals surface area (Å²) in [5, 5.41) is 0.566. The second-order valence-corrected chi connectivity index (χ2v) is 3.06. The molecule has 2 rings (SSSR count). The molecule has 0 bridgehead atoms. The molecule has 0 spiro atoms. The van der Waals surface area contributed by atoms with Gasteiger partial charge in [0.25, 0.3) is 0 Å². The monoisotopic (exact) mass is 166 g/mol. The minimum absolute atomic E-state index is 0.566. The van der Waals surface area contributed by atoms with E-state index < -0.39 is 0 Å². The third-order valence-corrected chi connectivity index (χ3v) is 2.09. The van der Waals surface area contributed by atoms with Crippen molar-refractivity contribution in [1.29, 1.82) is 0 Å². The molecule has 0 saturated heterocycles. The summed E-state index contributed by atoms with van der Waals surface area (Å²) in [6.45, 7) is 0. The average molecular weight is 166 g/mol. The average Bonchev–Trinajstić information content (AvgIpc) is 2.55. The molecule has 2 aromatic heterocycles. The van der Waals surface area contributed by atoms with Gasteiger partial charge in [-0.1, -0.05) is 11.3 Å². The number of anilines is 1. The lowest BCUT2D eigenvalue weighted by molar-refractivity contribution is 1.31. The number of rotatable bonds is 1. The van der Waals surface area contributed by atoms with Gasteiger partial charge >= 0.3 is 0 Å². The molecule has 0 fully saturated rings. The number of aromatic amines is 1. The van der Waals surface area contributed by atoms with Crippen LogP contribution in [0.5, 0.6) is 0 Å². The second kappa shape index (κ2) is 2.35. The lowest BCUT2D eigenvalue weighted by Crippen LogP contribution is -1.77. The fourth-order valence-corrected chi connectivity index (χ4v) is 1.44. The van der Waals surface area contributed by atoms with Gasteiger partial charge in [0.1, 0.15) is 5.82 Å². The normalized spacial score (nSPS) is 10.2. The van der Waals surface area contributed by atoms with Gasteiger partial charge in [-0.05, 0) is 0 Å². The molecule has 0 radical (unpaired) electrons. The van der Waals surface area contributed by atoms with E-state index in [4.69, 9.17) is 5.73 Å². The van der Waals surface area contributed by atoms with E-state index in [1.807, 2.05) is 0 Å². The molecule has 0 aliphatic heterocycles. The van der Waals surface area contributed by atoms with Gasteiger partial charge in [-0.2, -0.15) is 0 Å². The van der Waals surface area contributed by atoms with E-state index in [0.717, 1.165) is 10.7 Å². The number of nitrogens with two attached hydrogens (primary N) is 1. The Morgan fingerprint density at radius 2 is 2.36 bits per heavy atom. The van der Waals surface area contributed by atoms with Crippen molar-refractivity contribution in [3.63, 3.8) is 0 Å². The number of hydrogen-bond donors (Lipinski definition) is 2. The van der Waals surface area contributed by atoms with Gasteiger partial charge in [-0.15, -0.1) is 0 Å². The predicted molar refractivity (Wildman–Crippen MR) is 44.1 cm³/mol. The highest BCUT2D eigenvalue weighted by Crippen LogP contribution is 2.23. The van der Waals surface area contributed by atoms with Gasteiger partial charge in [-0.25, -0.2) is 9.97 Å². The molecule has 4 nitrogen and oxygen atoms in total. The molecular weight excluding hydrogens is 160 g/mol. The van der Waals surface area contributed by atoms with Gasteiger partial charge in [0, 0.05) is 12.4 Å². The zero-order chi connectivity index (χ0) is 7.68. The van der Waals surface area contributed by atoms with Gasteiger partial charge in [-0.3, -0.25) is 0 Å². The minimum Gasteiger partial charge on any atom is -0.375 e. The highest BCUT2D eigenvalue weighted by molar-refractivity contribution is 7.18. The van der Waals surface area contributed by atoms with Crippen LogP contribution in [-0.2, 0) is 0 Å². The van der Waals surface area contributed by atoms with Crippen molar-refractivity contribution >= 4 is 16.5 Å². The molecule has 0 aromatic carbocycles. The van der Waals surface area contributed by atoms with Crippen molar-refractivity contribution in [1.82, 2.24) is 15.0 Å². The Morgan fingerprint density at radius 3 is 2.91 bits per heavy atom. The fraction of sp³-hybridized carbons (Fsp3) is 0. The number of H-pyrrole nitrogens is 1. The molecule has 3 N–H and O–H groups in total. The zero-order valence-electron chi connectivity index (χ0n) is 5.61. The number of imidazole rings is 1. The molecule has 56 valence electrons. The number of hydrogen-bond acceptors (Lipinski definition) is 4. The molecule has 0 aliphatic carbocycles. The lowest BCUT2D eigenvalue weighted by atomic mass is 10.5. The van der Waals surface area contributed by atoms with Crippen molar-refractivity contribution in [2.75, 3.05) is 5.73 Å². The van der Waals surface area contributed by atoms with E-state index >= 15 is 0 Å². The van der Waals surface area contributed by atoms with Crippen LogP contribution < -0.4 is 5.73 Å². The van der Waals surface area contributed by atoms with E-state index in [1.165, 1.54) is 11.3 Å². The van der Waals surface area contributed by atoms with E-state index in [9.17, 15) is 0 Å². The van der Waals surface area contributed by atoms with Crippen LogP contribution in [0.3, 0.4) is 0 Å². The Balaban J connectivity index is 2.45. The van der Waals surface area contributed by atoms with Crippen LogP contribution in [0, 0.1) is 0 Å². The standard InChI is InChI=1S/C6H6N4S/c7-6-10-3-4(11-6)5-8-1-2-9-5/h1-3H,(H2,7,10)(H,8,9). The maximum absolute atomic E-state index is 5.45. The SMILES string of the molecule is Nc1ncc(-c2ncc[nH]2)s1. The molecule has 0 saturated carbocycles. The van der Waals surface area contributed by atoms with Crippen LogP contribution in [0.1, 0.15) is 0 Å². The Morgan fingerprint density at radius 1 is 1.45 bits per heavy atom. The van der Waals surface area contributed by atoms with Crippen molar-refractivity contribution in [2.24, 2.45) is 0 Å². The Kier molecular flexibility index (Phi) is 1.36. The number of thiazole rings is 1. The molecule has 0 atom stereocenters. The summed E-state index contributed by atoms with van der Waals surface area (Å²) in [5.74, 6) is 0.819. The van der Waals surface area contributed by atoms with E-state index in [2.05, 4.69) is 15.0 Å². The number of nitrogen functional groups attached to an aromatic ring is 1. The van der Waals surface area contributed by atoms with Crippen molar-refractivity contribution in [2.45, 2.75) is 0 Å². The lowest BCUT2D eigenvalue weighted by Gasteiger charge is -1.84. The van der Waals surface area contributed by atoms with Crippen molar-refractivity contribution in [3.05, 3.63) is 18.6 Å². The molecule has 0 aliphatic rings. The summed E-state index contributed by atoms with van der Waals surface area (Å²) in [6.07, 6.45) is 5.18. The van der Waals surface area contributed by atoms with E-state index in [0.29, 0.717) is 5.13 Å². The maximum Gasteiger partial charge on any atom is 0.180 e. The summed E-state index contributed by atoms with van der Waals surface area (Å²) in [7, 11) is 0. The Hall–Kier alpha value is -1.36. The van der Waals surface area contributed by atoms with E-state index in [-0.39, 0.29) is 0 Å². The summed E-state index contributed by atoms with van der Waals surface area (Å²) < 4.78 is 0. The van der Waals surface area contributed by atoms with Gasteiger partial charge in [0.05, 0.1) is 11.1 Å². The highest BCUT2D eigenvalue weighted by atomic mass is 32.1. The Labute approximate surface area is 67.1 Å². The third-order valence-electron chi connectivity index (χ3n) is 1.26. The molecule has 2 aromatic rings. The first-order valence-electron chi connectivity index (χ1n) is 3.07. The van der Waals surface area contributed by atoms with Crippen molar-refractivity contribution in [3.8, 4) is 10.7 Å². The largest absolute Gasteiger partial charge is 0.375 e. The highest BCUT2D eigenvalue weighted by Gasteiger charge is 2.02. The van der Waals surface area contributed by atoms with Gasteiger partial charge in [0.15, 0.2) is 5.13 Å². The van der Waals surface area contributed by atoms with Crippen LogP contribution in [-0.4, -0.2) is 15.0 Å². The van der Waals surface area contributed by atoms with Crippen LogP contribution in [0.4, 0.5) is 5.13 Å². The maximum atomic E-state index is 5.45. The molecular formula is C6H6N4S. The first-order valence-corrected chi connectivity index (χ1v) is 3.89. The zero-order valence-corrected chi connectivity index (χ0v) is 6.43. The predicted octanol–water partition coefficient (Wildman–Crippen LogP) is 1.12. The van der Waals surface area contributed by atoms with Crippen molar-refractivity contribution < 1.29 is 0 Å². The van der Waals surface area contributed by atoms with Gasteiger partial charge in [0.2, 0.25) is 0 Å². The van der Waals surface area contributed by atoms with Crippen LogP contribution in [0.2, 0.25) is 0 Å². The van der Waals surface area contributed by atoms with Crippen LogP contribution >= 0.6 is 11.3 Å². The number of aromatic nitrogens is 3. The number of nitrogens with one attached hydrogen (secondary N) is 1. The van der Waals surface area contributed by atoms with Crippen LogP contribution in [0.15, 0.2) is 18.6 Å². The van der Waals surface area contributed by atoms with Crippen LogP contribution in [0.25, 0.3) is 10.7 Å². The summed E-state index contributed by atoms with van der Waals surface area (Å²) >= 11 is 1.42. The summed E-state index contributed by atoms with van der Waals surface area (Å²) in [6, 6.07) is 0. The molecule has 5 heteroatoms. The number of nitrogens with zero attached hydrogens (tertiary/aromatic N) is 2. The summed E-state index contributed by atoms with van der Waals surface area (Å²) in [4.78, 5) is 11.9. The second-order valence-electron chi connectivity index (χ2n) is 2.00. The van der Waals surface area contributed by atoms with Gasteiger partial charge < -0.3 is 10.7 Å². The Bertz CT molecular complexity index is 337. The summed E-state index contributed by atoms with van der Waals surface area (Å²) in [5.41, 5.74) is 5.45. The molecule has 0 amide bonds. The first-order chi connectivity index (χ1) is 5.36. The van der Waals surface area contributed by atoms with E-state index in [1.54, 1.807) is 18.6 Å². The quantitative estimate of drug-likeness (QED) is 0.667. The molecule has 11 heavy (non-hydrogen) atoms. The molecule has 2 heterocycles. The third kappa shape index (κ3) is 1.10. The minimum atomic E-state index is 0.566. The molecule has 0 unspecified atom stereocenters. The topological polar surface area (TPSA) is 67.6 Å². The fourth-order valence-electron chi connectivity index (χ4n) is 0.797. The first kappa shape index (κ1) is 6.36. The smallest absolute Gasteiger partial charge is 0.180 e.